The molecule has 0 fully saturated rings. The third kappa shape index (κ3) is 5.72. The average Bonchev–Trinajstić information content (AvgIpc) is 2.26. The van der Waals surface area contributed by atoms with Crippen molar-refractivity contribution in [1.82, 2.24) is 5.32 Å². The topological polar surface area (TPSA) is 99.2 Å². The summed E-state index contributed by atoms with van der Waals surface area (Å²) in [5, 5.41) is 18.2. The van der Waals surface area contributed by atoms with E-state index in [9.17, 15) is 13.6 Å². The molecule has 5 N–H and O–H groups in total. The van der Waals surface area contributed by atoms with E-state index in [1.807, 2.05) is 0 Å². The molecule has 0 aromatic heterocycles. The SMILES string of the molecule is CC(=N)NC/C(F)=C(/CF)CC[C@](C)(N)C(=O)O. The molecule has 0 aliphatic rings. The zero-order valence-electron chi connectivity index (χ0n) is 10.5. The Morgan fingerprint density at radius 3 is 2.50 bits per heavy atom. The summed E-state index contributed by atoms with van der Waals surface area (Å²) < 4.78 is 26.1. The van der Waals surface area contributed by atoms with Crippen LogP contribution in [0.4, 0.5) is 8.78 Å². The second kappa shape index (κ2) is 7.05. The summed E-state index contributed by atoms with van der Waals surface area (Å²) in [6, 6.07) is 0. The van der Waals surface area contributed by atoms with Crippen LogP contribution in [0.15, 0.2) is 11.4 Å². The fraction of sp³-hybridized carbons (Fsp3) is 0.636. The molecule has 0 saturated heterocycles. The third-order valence-corrected chi connectivity index (χ3v) is 2.49. The summed E-state index contributed by atoms with van der Waals surface area (Å²) in [6.45, 7) is 1.45. The molecule has 0 spiro atoms. The van der Waals surface area contributed by atoms with Crippen molar-refractivity contribution in [2.45, 2.75) is 32.2 Å². The highest BCUT2D eigenvalue weighted by Gasteiger charge is 2.28. The largest absolute Gasteiger partial charge is 0.480 e. The molecule has 0 aromatic carbocycles. The lowest BCUT2D eigenvalue weighted by Crippen LogP contribution is -2.44. The van der Waals surface area contributed by atoms with Crippen molar-refractivity contribution in [3.05, 3.63) is 11.4 Å². The maximum absolute atomic E-state index is 13.5. The van der Waals surface area contributed by atoms with Gasteiger partial charge in [0.2, 0.25) is 0 Å². The first-order valence-corrected chi connectivity index (χ1v) is 5.44. The first-order valence-electron chi connectivity index (χ1n) is 5.44. The van der Waals surface area contributed by atoms with Gasteiger partial charge in [0.15, 0.2) is 0 Å². The van der Waals surface area contributed by atoms with E-state index in [0.717, 1.165) is 0 Å². The number of nitrogens with one attached hydrogen (secondary N) is 2. The van der Waals surface area contributed by atoms with Gasteiger partial charge in [-0.05, 0) is 32.3 Å². The van der Waals surface area contributed by atoms with E-state index in [4.69, 9.17) is 16.2 Å². The van der Waals surface area contributed by atoms with Gasteiger partial charge in [-0.1, -0.05) is 0 Å². The smallest absolute Gasteiger partial charge is 0.323 e. The molecule has 5 nitrogen and oxygen atoms in total. The van der Waals surface area contributed by atoms with Gasteiger partial charge in [0, 0.05) is 0 Å². The molecule has 18 heavy (non-hydrogen) atoms. The van der Waals surface area contributed by atoms with Gasteiger partial charge in [0.25, 0.3) is 0 Å². The molecule has 0 bridgehead atoms. The minimum Gasteiger partial charge on any atom is -0.480 e. The lowest BCUT2D eigenvalue weighted by molar-refractivity contribution is -0.142. The number of amidine groups is 1. The van der Waals surface area contributed by atoms with Gasteiger partial charge in [-0.25, -0.2) is 8.78 Å². The van der Waals surface area contributed by atoms with Crippen molar-refractivity contribution in [1.29, 1.82) is 5.41 Å². The van der Waals surface area contributed by atoms with Crippen molar-refractivity contribution in [2.75, 3.05) is 13.2 Å². The number of aliphatic carboxylic acids is 1. The van der Waals surface area contributed by atoms with Crippen LogP contribution in [0.1, 0.15) is 26.7 Å². The standard InChI is InChI=1S/C11H19F2N3O2/c1-7(14)16-6-9(13)8(5-12)3-4-11(2,15)10(17)18/h3-6,15H2,1-2H3,(H2,14,16)(H,17,18)/b9-8-/t11-/m0/s1. The Morgan fingerprint density at radius 1 is 1.56 bits per heavy atom. The number of hydrogen-bond donors (Lipinski definition) is 4. The predicted molar refractivity (Wildman–Crippen MR) is 65.0 cm³/mol. The molecule has 0 unspecified atom stereocenters. The molecule has 0 aliphatic heterocycles. The summed E-state index contributed by atoms with van der Waals surface area (Å²) in [6.07, 6.45) is -0.126. The van der Waals surface area contributed by atoms with Crippen LogP contribution >= 0.6 is 0 Å². The molecule has 0 rings (SSSR count). The first-order chi connectivity index (χ1) is 8.20. The molecule has 0 radical (unpaired) electrons. The van der Waals surface area contributed by atoms with Crippen molar-refractivity contribution in [2.24, 2.45) is 5.73 Å². The van der Waals surface area contributed by atoms with Gasteiger partial charge >= 0.3 is 5.97 Å². The number of alkyl halides is 1. The average molecular weight is 263 g/mol. The number of allylic oxidation sites excluding steroid dienone is 1. The number of carboxylic acids is 1. The fourth-order valence-electron chi connectivity index (χ4n) is 1.13. The minimum absolute atomic E-state index is 0.0570. The number of nitrogens with two attached hydrogens (primary N) is 1. The van der Waals surface area contributed by atoms with Gasteiger partial charge in [0.1, 0.15) is 18.0 Å². The van der Waals surface area contributed by atoms with E-state index in [1.54, 1.807) is 0 Å². The molecule has 0 aromatic rings. The molecular weight excluding hydrogens is 244 g/mol. The van der Waals surface area contributed by atoms with Crippen LogP contribution < -0.4 is 11.1 Å². The number of rotatable bonds is 7. The number of carbonyl (C=O) groups is 1. The van der Waals surface area contributed by atoms with Crippen LogP contribution in [0.5, 0.6) is 0 Å². The minimum atomic E-state index is -1.51. The van der Waals surface area contributed by atoms with Crippen molar-refractivity contribution in [3.63, 3.8) is 0 Å². The van der Waals surface area contributed by atoms with Crippen LogP contribution in [-0.2, 0) is 4.79 Å². The second-order valence-corrected chi connectivity index (χ2v) is 4.34. The molecule has 0 heterocycles. The van der Waals surface area contributed by atoms with Crippen LogP contribution in [0, 0.1) is 5.41 Å². The fourth-order valence-corrected chi connectivity index (χ4v) is 1.13. The van der Waals surface area contributed by atoms with Gasteiger partial charge in [-0.3, -0.25) is 10.2 Å². The van der Waals surface area contributed by atoms with E-state index in [2.05, 4.69) is 5.32 Å². The maximum Gasteiger partial charge on any atom is 0.323 e. The highest BCUT2D eigenvalue weighted by atomic mass is 19.1. The van der Waals surface area contributed by atoms with Crippen LogP contribution in [0.3, 0.4) is 0 Å². The zero-order chi connectivity index (χ0) is 14.3. The Kier molecular flexibility index (Phi) is 6.46. The van der Waals surface area contributed by atoms with E-state index in [1.165, 1.54) is 13.8 Å². The molecular formula is C11H19F2N3O2. The maximum atomic E-state index is 13.5. The normalized spacial score (nSPS) is 15.6. The van der Waals surface area contributed by atoms with Crippen LogP contribution in [0.25, 0.3) is 0 Å². The molecule has 7 heteroatoms. The highest BCUT2D eigenvalue weighted by molar-refractivity contribution is 5.77. The monoisotopic (exact) mass is 263 g/mol. The predicted octanol–water partition coefficient (Wildman–Crippen LogP) is 1.35. The summed E-state index contributed by atoms with van der Waals surface area (Å²) in [4.78, 5) is 10.7. The Labute approximate surface area is 105 Å². The summed E-state index contributed by atoms with van der Waals surface area (Å²) in [5.41, 5.74) is 3.84. The van der Waals surface area contributed by atoms with E-state index >= 15 is 0 Å². The van der Waals surface area contributed by atoms with Crippen LogP contribution in [-0.4, -0.2) is 35.7 Å². The van der Waals surface area contributed by atoms with E-state index in [-0.39, 0.29) is 30.8 Å². The third-order valence-electron chi connectivity index (χ3n) is 2.49. The summed E-state index contributed by atoms with van der Waals surface area (Å²) >= 11 is 0. The second-order valence-electron chi connectivity index (χ2n) is 4.34. The lowest BCUT2D eigenvalue weighted by atomic mass is 9.94. The molecule has 0 saturated carbocycles. The van der Waals surface area contributed by atoms with Gasteiger partial charge in [0.05, 0.1) is 12.4 Å². The van der Waals surface area contributed by atoms with Gasteiger partial charge in [-0.2, -0.15) is 0 Å². The van der Waals surface area contributed by atoms with Crippen molar-refractivity contribution < 1.29 is 18.7 Å². The molecule has 1 atom stereocenters. The number of hydrogen-bond acceptors (Lipinski definition) is 3. The Balaban J connectivity index is 4.55. The van der Waals surface area contributed by atoms with Gasteiger partial charge < -0.3 is 16.2 Å². The van der Waals surface area contributed by atoms with Gasteiger partial charge in [-0.15, -0.1) is 0 Å². The van der Waals surface area contributed by atoms with E-state index < -0.39 is 24.0 Å². The van der Waals surface area contributed by atoms with E-state index in [0.29, 0.717) is 0 Å². The van der Waals surface area contributed by atoms with Crippen molar-refractivity contribution in [3.8, 4) is 0 Å². The Hall–Kier alpha value is -1.50. The Morgan fingerprint density at radius 2 is 2.11 bits per heavy atom. The molecule has 0 amide bonds. The number of halogens is 2. The van der Waals surface area contributed by atoms with Crippen molar-refractivity contribution >= 4 is 11.8 Å². The quantitative estimate of drug-likeness (QED) is 0.411. The molecule has 104 valence electrons. The number of carboxylic acid groups (broad SMARTS) is 1. The summed E-state index contributed by atoms with van der Waals surface area (Å²) in [5.74, 6) is -1.86. The summed E-state index contributed by atoms with van der Waals surface area (Å²) in [7, 11) is 0. The molecule has 0 aliphatic carbocycles. The Bertz CT molecular complexity index is 354. The first kappa shape index (κ1) is 16.5. The zero-order valence-corrected chi connectivity index (χ0v) is 10.5. The van der Waals surface area contributed by atoms with Crippen LogP contribution in [0.2, 0.25) is 0 Å². The highest BCUT2D eigenvalue weighted by Crippen LogP contribution is 2.18. The lowest BCUT2D eigenvalue weighted by Gasteiger charge is -2.19.